The molecule has 0 aliphatic carbocycles. The quantitative estimate of drug-likeness (QED) is 0.665. The third-order valence-electron chi connectivity index (χ3n) is 5.95. The van der Waals surface area contributed by atoms with Crippen LogP contribution in [0.25, 0.3) is 0 Å². The SMILES string of the molecule is Cc1ccc(S(=O)(=O)NC(=O)CCCc2ccc(B3OC(C)(C)C(C)(C)O3)cc2)cc1. The maximum absolute atomic E-state index is 12.3. The predicted molar refractivity (Wildman–Crippen MR) is 122 cm³/mol. The van der Waals surface area contributed by atoms with Crippen LogP contribution in [0.4, 0.5) is 0 Å². The minimum Gasteiger partial charge on any atom is -0.399 e. The Kier molecular flexibility index (Phi) is 6.65. The zero-order valence-electron chi connectivity index (χ0n) is 18.8. The van der Waals surface area contributed by atoms with Crippen LogP contribution in [0.1, 0.15) is 51.7 Å². The highest BCUT2D eigenvalue weighted by molar-refractivity contribution is 7.90. The van der Waals surface area contributed by atoms with Crippen molar-refractivity contribution < 1.29 is 22.5 Å². The third-order valence-corrected chi connectivity index (χ3v) is 7.34. The lowest BCUT2D eigenvalue weighted by atomic mass is 9.78. The number of amides is 1. The molecule has 8 heteroatoms. The van der Waals surface area contributed by atoms with Crippen LogP contribution in [0.5, 0.6) is 0 Å². The van der Waals surface area contributed by atoms with Crippen molar-refractivity contribution in [3.05, 3.63) is 59.7 Å². The Balaban J connectivity index is 1.50. The maximum Gasteiger partial charge on any atom is 0.494 e. The van der Waals surface area contributed by atoms with Crippen LogP contribution < -0.4 is 10.2 Å². The van der Waals surface area contributed by atoms with Gasteiger partial charge in [0.2, 0.25) is 5.91 Å². The van der Waals surface area contributed by atoms with E-state index in [1.807, 2.05) is 58.9 Å². The van der Waals surface area contributed by atoms with E-state index in [0.29, 0.717) is 12.8 Å². The van der Waals surface area contributed by atoms with Gasteiger partial charge < -0.3 is 9.31 Å². The van der Waals surface area contributed by atoms with E-state index in [9.17, 15) is 13.2 Å². The zero-order valence-corrected chi connectivity index (χ0v) is 19.6. The molecule has 1 N–H and O–H groups in total. The molecule has 0 radical (unpaired) electrons. The summed E-state index contributed by atoms with van der Waals surface area (Å²) in [6.45, 7) is 9.95. The molecule has 1 aliphatic heterocycles. The number of sulfonamides is 1. The summed E-state index contributed by atoms with van der Waals surface area (Å²) in [5, 5.41) is 0. The number of nitrogens with one attached hydrogen (secondary N) is 1. The van der Waals surface area contributed by atoms with Crippen LogP contribution in [0.3, 0.4) is 0 Å². The fourth-order valence-electron chi connectivity index (χ4n) is 3.25. The van der Waals surface area contributed by atoms with Gasteiger partial charge in [-0.15, -0.1) is 0 Å². The number of benzene rings is 2. The Bertz CT molecular complexity index is 1010. The molecule has 1 aliphatic rings. The second kappa shape index (κ2) is 8.77. The van der Waals surface area contributed by atoms with Crippen molar-refractivity contribution >= 4 is 28.5 Å². The molecule has 2 aromatic carbocycles. The van der Waals surface area contributed by atoms with E-state index in [0.717, 1.165) is 16.6 Å². The molecular weight excluding hydrogens is 413 g/mol. The standard InChI is InChI=1S/C23H30BNO5S/c1-17-9-15-20(16-10-17)31(27,28)25-21(26)8-6-7-18-11-13-19(14-12-18)24-29-22(2,3)23(4,5)30-24/h9-16H,6-8H2,1-5H3,(H,25,26). The summed E-state index contributed by atoms with van der Waals surface area (Å²) in [6, 6.07) is 14.3. The van der Waals surface area contributed by atoms with Crippen LogP contribution in [-0.2, 0) is 30.5 Å². The van der Waals surface area contributed by atoms with Gasteiger partial charge in [-0.05, 0) is 70.6 Å². The molecule has 166 valence electrons. The number of carbonyl (C=O) groups is 1. The molecule has 0 aromatic heterocycles. The van der Waals surface area contributed by atoms with E-state index in [-0.39, 0.29) is 22.5 Å². The summed E-state index contributed by atoms with van der Waals surface area (Å²) in [4.78, 5) is 12.2. The molecule has 31 heavy (non-hydrogen) atoms. The number of hydrogen-bond acceptors (Lipinski definition) is 5. The highest BCUT2D eigenvalue weighted by Crippen LogP contribution is 2.36. The van der Waals surface area contributed by atoms with Gasteiger partial charge in [0.1, 0.15) is 0 Å². The third kappa shape index (κ3) is 5.56. The Morgan fingerprint density at radius 1 is 0.935 bits per heavy atom. The van der Waals surface area contributed by atoms with Crippen molar-refractivity contribution in [2.45, 2.75) is 70.0 Å². The number of hydrogen-bond donors (Lipinski definition) is 1. The van der Waals surface area contributed by atoms with Gasteiger partial charge in [0, 0.05) is 6.42 Å². The van der Waals surface area contributed by atoms with Gasteiger partial charge in [-0.2, -0.15) is 0 Å². The van der Waals surface area contributed by atoms with Gasteiger partial charge in [-0.3, -0.25) is 4.79 Å². The summed E-state index contributed by atoms with van der Waals surface area (Å²) in [5.74, 6) is -0.505. The lowest BCUT2D eigenvalue weighted by molar-refractivity contribution is -0.119. The van der Waals surface area contributed by atoms with Gasteiger partial charge >= 0.3 is 7.12 Å². The fourth-order valence-corrected chi connectivity index (χ4v) is 4.26. The summed E-state index contributed by atoms with van der Waals surface area (Å²) < 4.78 is 38.8. The van der Waals surface area contributed by atoms with E-state index >= 15 is 0 Å². The maximum atomic E-state index is 12.3. The molecule has 0 spiro atoms. The summed E-state index contributed by atoms with van der Waals surface area (Å²) >= 11 is 0. The second-order valence-corrected chi connectivity index (χ2v) is 10.7. The van der Waals surface area contributed by atoms with Crippen molar-refractivity contribution in [2.75, 3.05) is 0 Å². The van der Waals surface area contributed by atoms with Gasteiger partial charge in [-0.25, -0.2) is 13.1 Å². The Hall–Kier alpha value is -2.16. The first-order valence-electron chi connectivity index (χ1n) is 10.5. The topological polar surface area (TPSA) is 81.7 Å². The smallest absolute Gasteiger partial charge is 0.399 e. The van der Waals surface area contributed by atoms with E-state index < -0.39 is 23.0 Å². The van der Waals surface area contributed by atoms with Crippen molar-refractivity contribution in [2.24, 2.45) is 0 Å². The van der Waals surface area contributed by atoms with Crippen molar-refractivity contribution in [1.82, 2.24) is 4.72 Å². The molecule has 0 bridgehead atoms. The van der Waals surface area contributed by atoms with E-state index in [1.54, 1.807) is 12.1 Å². The molecular formula is C23H30BNO5S. The largest absolute Gasteiger partial charge is 0.494 e. The molecule has 0 unspecified atom stereocenters. The van der Waals surface area contributed by atoms with Crippen LogP contribution in [0.2, 0.25) is 0 Å². The molecule has 3 rings (SSSR count). The fraction of sp³-hybridized carbons (Fsp3) is 0.435. The van der Waals surface area contributed by atoms with Gasteiger partial charge in [-0.1, -0.05) is 42.0 Å². The average molecular weight is 443 g/mol. The molecule has 0 atom stereocenters. The van der Waals surface area contributed by atoms with Gasteiger partial charge in [0.05, 0.1) is 16.1 Å². The Morgan fingerprint density at radius 3 is 2.03 bits per heavy atom. The molecule has 1 fully saturated rings. The first-order valence-corrected chi connectivity index (χ1v) is 11.9. The van der Waals surface area contributed by atoms with E-state index in [4.69, 9.17) is 9.31 Å². The first kappa shape index (κ1) is 23.5. The van der Waals surface area contributed by atoms with Crippen LogP contribution in [-0.4, -0.2) is 32.6 Å². The number of aryl methyl sites for hydroxylation is 2. The molecule has 0 saturated carbocycles. The molecule has 2 aromatic rings. The monoisotopic (exact) mass is 443 g/mol. The molecule has 1 saturated heterocycles. The minimum atomic E-state index is -3.83. The van der Waals surface area contributed by atoms with Crippen molar-refractivity contribution in [3.8, 4) is 0 Å². The van der Waals surface area contributed by atoms with Crippen molar-refractivity contribution in [3.63, 3.8) is 0 Å². The normalized spacial score (nSPS) is 17.5. The van der Waals surface area contributed by atoms with E-state index in [1.165, 1.54) is 12.1 Å². The van der Waals surface area contributed by atoms with Gasteiger partial charge in [0.15, 0.2) is 0 Å². The lowest BCUT2D eigenvalue weighted by Gasteiger charge is -2.32. The predicted octanol–water partition coefficient (Wildman–Crippen LogP) is 3.12. The second-order valence-electron chi connectivity index (χ2n) is 9.03. The highest BCUT2D eigenvalue weighted by atomic mass is 32.2. The average Bonchev–Trinajstić information content (AvgIpc) is 2.89. The summed E-state index contributed by atoms with van der Waals surface area (Å²) in [5.41, 5.74) is 2.19. The first-order chi connectivity index (χ1) is 14.4. The highest BCUT2D eigenvalue weighted by Gasteiger charge is 2.51. The summed E-state index contributed by atoms with van der Waals surface area (Å²) in [7, 11) is -4.24. The van der Waals surface area contributed by atoms with Gasteiger partial charge in [0.25, 0.3) is 10.0 Å². The number of carbonyl (C=O) groups excluding carboxylic acids is 1. The summed E-state index contributed by atoms with van der Waals surface area (Å²) in [6.07, 6.45) is 1.34. The molecule has 1 amide bonds. The Morgan fingerprint density at radius 2 is 1.48 bits per heavy atom. The van der Waals surface area contributed by atoms with Crippen LogP contribution in [0, 0.1) is 6.92 Å². The zero-order chi connectivity index (χ0) is 22.9. The molecule has 1 heterocycles. The van der Waals surface area contributed by atoms with Crippen LogP contribution >= 0.6 is 0 Å². The van der Waals surface area contributed by atoms with Crippen LogP contribution in [0.15, 0.2) is 53.4 Å². The number of rotatable bonds is 7. The Labute approximate surface area is 185 Å². The lowest BCUT2D eigenvalue weighted by Crippen LogP contribution is -2.41. The van der Waals surface area contributed by atoms with Crippen molar-refractivity contribution in [1.29, 1.82) is 0 Å². The molecule has 6 nitrogen and oxygen atoms in total. The van der Waals surface area contributed by atoms with E-state index in [2.05, 4.69) is 4.72 Å². The minimum absolute atomic E-state index is 0.0877.